The molecule has 0 fully saturated rings. The number of ether oxygens (including phenoxy) is 1. The topological polar surface area (TPSA) is 54.5 Å². The van der Waals surface area contributed by atoms with E-state index in [1.807, 2.05) is 80.4 Å². The Hall–Kier alpha value is -2.86. The maximum absolute atomic E-state index is 12.8. The molecule has 5 nitrogen and oxygen atoms in total. The Morgan fingerprint density at radius 1 is 1.15 bits per heavy atom. The quantitative estimate of drug-likeness (QED) is 0.671. The zero-order valence-corrected chi connectivity index (χ0v) is 16.7. The maximum Gasteiger partial charge on any atom is 0.263 e. The highest BCUT2D eigenvalue weighted by Crippen LogP contribution is 2.31. The summed E-state index contributed by atoms with van der Waals surface area (Å²) in [5.74, 6) is 0.631. The zero-order valence-electron chi connectivity index (χ0n) is 15.9. The van der Waals surface area contributed by atoms with Crippen LogP contribution >= 0.6 is 11.3 Å². The number of hydrogen-bond donors (Lipinski definition) is 1. The summed E-state index contributed by atoms with van der Waals surface area (Å²) in [4.78, 5) is 20.0. The average Bonchev–Trinajstić information content (AvgIpc) is 3.09. The van der Waals surface area contributed by atoms with E-state index in [4.69, 9.17) is 4.74 Å². The van der Waals surface area contributed by atoms with Crippen molar-refractivity contribution in [1.29, 1.82) is 0 Å². The van der Waals surface area contributed by atoms with Gasteiger partial charge in [-0.15, -0.1) is 0 Å². The van der Waals surface area contributed by atoms with Gasteiger partial charge in [0, 0.05) is 18.3 Å². The van der Waals surface area contributed by atoms with Crippen LogP contribution in [0.1, 0.15) is 33.9 Å². The molecule has 140 valence electrons. The first-order valence-electron chi connectivity index (χ1n) is 8.71. The van der Waals surface area contributed by atoms with Crippen molar-refractivity contribution in [3.05, 3.63) is 70.7 Å². The number of aromatic nitrogens is 1. The van der Waals surface area contributed by atoms with Crippen molar-refractivity contribution in [2.45, 2.75) is 19.9 Å². The zero-order chi connectivity index (χ0) is 19.4. The first kappa shape index (κ1) is 18.9. The molecule has 0 aliphatic rings. The summed E-state index contributed by atoms with van der Waals surface area (Å²) in [7, 11) is 3.58. The van der Waals surface area contributed by atoms with Crippen molar-refractivity contribution in [3.8, 4) is 5.75 Å². The fraction of sp³-hybridized carbons (Fsp3) is 0.238. The van der Waals surface area contributed by atoms with Gasteiger partial charge in [-0.05, 0) is 32.0 Å². The summed E-state index contributed by atoms with van der Waals surface area (Å²) >= 11 is 1.39. The highest BCUT2D eigenvalue weighted by Gasteiger charge is 2.21. The first-order chi connectivity index (χ1) is 13.0. The molecule has 0 radical (unpaired) electrons. The number of methoxy groups -OCH3 is 1. The van der Waals surface area contributed by atoms with Crippen LogP contribution in [-0.2, 0) is 0 Å². The van der Waals surface area contributed by atoms with Crippen molar-refractivity contribution in [2.75, 3.05) is 19.1 Å². The molecular weight excluding hydrogens is 358 g/mol. The van der Waals surface area contributed by atoms with Gasteiger partial charge in [0.2, 0.25) is 0 Å². The van der Waals surface area contributed by atoms with Crippen LogP contribution in [0.15, 0.2) is 54.6 Å². The van der Waals surface area contributed by atoms with E-state index in [-0.39, 0.29) is 11.9 Å². The maximum atomic E-state index is 12.8. The molecule has 1 aromatic heterocycles. The van der Waals surface area contributed by atoms with Gasteiger partial charge >= 0.3 is 0 Å². The number of nitrogens with zero attached hydrogens (tertiary/aromatic N) is 2. The first-order valence-corrected chi connectivity index (χ1v) is 9.53. The minimum absolute atomic E-state index is 0.129. The van der Waals surface area contributed by atoms with E-state index in [2.05, 4.69) is 10.3 Å². The van der Waals surface area contributed by atoms with Gasteiger partial charge in [-0.25, -0.2) is 4.98 Å². The lowest BCUT2D eigenvalue weighted by Gasteiger charge is -2.17. The van der Waals surface area contributed by atoms with Crippen molar-refractivity contribution >= 4 is 28.1 Å². The molecule has 27 heavy (non-hydrogen) atoms. The van der Waals surface area contributed by atoms with Crippen molar-refractivity contribution in [2.24, 2.45) is 0 Å². The Morgan fingerprint density at radius 3 is 2.52 bits per heavy atom. The number of hydrogen-bond acceptors (Lipinski definition) is 5. The molecule has 1 unspecified atom stereocenters. The number of anilines is 2. The van der Waals surface area contributed by atoms with Gasteiger partial charge < -0.3 is 15.0 Å². The predicted octanol–water partition coefficient (Wildman–Crippen LogP) is 4.72. The molecule has 0 aliphatic heterocycles. The molecule has 1 atom stereocenters. The minimum Gasteiger partial charge on any atom is -0.496 e. The SMILES string of the molecule is COc1ccccc1C(C)NC(=O)c1sc(N(C)c2ccccc2)nc1C. The molecule has 3 rings (SSSR count). The summed E-state index contributed by atoms with van der Waals surface area (Å²) in [6.45, 7) is 3.81. The summed E-state index contributed by atoms with van der Waals surface area (Å²) in [6.07, 6.45) is 0. The Balaban J connectivity index is 1.78. The summed E-state index contributed by atoms with van der Waals surface area (Å²) in [5, 5.41) is 3.84. The molecule has 0 saturated heterocycles. The van der Waals surface area contributed by atoms with E-state index in [9.17, 15) is 4.79 Å². The van der Waals surface area contributed by atoms with Crippen molar-refractivity contribution < 1.29 is 9.53 Å². The third kappa shape index (κ3) is 4.11. The summed E-state index contributed by atoms with van der Waals surface area (Å²) in [6, 6.07) is 17.5. The number of nitrogens with one attached hydrogen (secondary N) is 1. The van der Waals surface area contributed by atoms with E-state index in [1.165, 1.54) is 11.3 Å². The van der Waals surface area contributed by atoms with Crippen LogP contribution in [0.4, 0.5) is 10.8 Å². The molecule has 1 heterocycles. The van der Waals surface area contributed by atoms with Crippen LogP contribution in [0.25, 0.3) is 0 Å². The van der Waals surface area contributed by atoms with Crippen LogP contribution in [0.3, 0.4) is 0 Å². The second-order valence-corrected chi connectivity index (χ2v) is 7.22. The lowest BCUT2D eigenvalue weighted by atomic mass is 10.1. The van der Waals surface area contributed by atoms with Gasteiger partial charge in [-0.2, -0.15) is 0 Å². The van der Waals surface area contributed by atoms with Gasteiger partial charge in [0.15, 0.2) is 5.13 Å². The summed E-state index contributed by atoms with van der Waals surface area (Å²) < 4.78 is 5.39. The Bertz CT molecular complexity index is 924. The highest BCUT2D eigenvalue weighted by atomic mass is 32.1. The van der Waals surface area contributed by atoms with Crippen molar-refractivity contribution in [1.82, 2.24) is 10.3 Å². The molecule has 0 aliphatic carbocycles. The lowest BCUT2D eigenvalue weighted by molar-refractivity contribution is 0.0943. The molecule has 6 heteroatoms. The second kappa shape index (κ2) is 8.22. The molecule has 2 aromatic carbocycles. The van der Waals surface area contributed by atoms with Crippen LogP contribution in [0.5, 0.6) is 5.75 Å². The molecule has 0 bridgehead atoms. The predicted molar refractivity (Wildman–Crippen MR) is 110 cm³/mol. The third-order valence-electron chi connectivity index (χ3n) is 4.37. The number of carbonyl (C=O) groups excluding carboxylic acids is 1. The monoisotopic (exact) mass is 381 g/mol. The van der Waals surface area contributed by atoms with Crippen LogP contribution in [0, 0.1) is 6.92 Å². The molecular formula is C21H23N3O2S. The number of carbonyl (C=O) groups is 1. The summed E-state index contributed by atoms with van der Waals surface area (Å²) in [5.41, 5.74) is 2.69. The molecule has 0 saturated carbocycles. The number of thiazole rings is 1. The minimum atomic E-state index is -0.176. The molecule has 1 amide bonds. The van der Waals surface area contributed by atoms with E-state index in [0.29, 0.717) is 4.88 Å². The Morgan fingerprint density at radius 2 is 1.81 bits per heavy atom. The standard InChI is InChI=1S/C21H23N3O2S/c1-14(17-12-8-9-13-18(17)26-4)22-20(25)19-15(2)23-21(27-19)24(3)16-10-6-5-7-11-16/h5-14H,1-4H3,(H,22,25). The van der Waals surface area contributed by atoms with E-state index in [0.717, 1.165) is 27.8 Å². The van der Waals surface area contributed by atoms with Crippen LogP contribution < -0.4 is 15.0 Å². The van der Waals surface area contributed by atoms with Gasteiger partial charge in [0.05, 0.1) is 18.8 Å². The second-order valence-electron chi connectivity index (χ2n) is 6.24. The van der Waals surface area contributed by atoms with Crippen LogP contribution in [-0.4, -0.2) is 25.0 Å². The number of aryl methyl sites for hydroxylation is 1. The van der Waals surface area contributed by atoms with E-state index < -0.39 is 0 Å². The van der Waals surface area contributed by atoms with Gasteiger partial charge in [0.25, 0.3) is 5.91 Å². The van der Waals surface area contributed by atoms with Crippen molar-refractivity contribution in [3.63, 3.8) is 0 Å². The fourth-order valence-electron chi connectivity index (χ4n) is 2.86. The highest BCUT2D eigenvalue weighted by molar-refractivity contribution is 7.17. The fourth-order valence-corrected chi connectivity index (χ4v) is 3.81. The van der Waals surface area contributed by atoms with Gasteiger partial charge in [0.1, 0.15) is 10.6 Å². The molecule has 1 N–H and O–H groups in total. The number of rotatable bonds is 6. The average molecular weight is 382 g/mol. The van der Waals surface area contributed by atoms with E-state index in [1.54, 1.807) is 7.11 Å². The molecule has 0 spiro atoms. The Kier molecular flexibility index (Phi) is 5.76. The Labute approximate surface area is 163 Å². The van der Waals surface area contributed by atoms with E-state index >= 15 is 0 Å². The third-order valence-corrected chi connectivity index (χ3v) is 5.61. The lowest BCUT2D eigenvalue weighted by Crippen LogP contribution is -2.26. The molecule has 3 aromatic rings. The van der Waals surface area contributed by atoms with Gasteiger partial charge in [-0.3, -0.25) is 4.79 Å². The largest absolute Gasteiger partial charge is 0.496 e. The number of amides is 1. The van der Waals surface area contributed by atoms with Gasteiger partial charge in [-0.1, -0.05) is 47.7 Å². The van der Waals surface area contributed by atoms with Crippen LogP contribution in [0.2, 0.25) is 0 Å². The normalized spacial score (nSPS) is 11.7. The smallest absolute Gasteiger partial charge is 0.263 e. The number of benzene rings is 2. The number of para-hydroxylation sites is 2.